The van der Waals surface area contributed by atoms with Crippen LogP contribution in [0.3, 0.4) is 0 Å². The van der Waals surface area contributed by atoms with Gasteiger partial charge in [-0.05, 0) is 12.8 Å². The van der Waals surface area contributed by atoms with Crippen LogP contribution in [0.2, 0.25) is 0 Å². The summed E-state index contributed by atoms with van der Waals surface area (Å²) in [6, 6.07) is 0.810. The molecule has 1 atom stereocenters. The third-order valence-corrected chi connectivity index (χ3v) is 2.25. The van der Waals surface area contributed by atoms with Crippen LogP contribution in [0.1, 0.15) is 19.8 Å². The fraction of sp³-hybridized carbons (Fsp3) is 1.00. The van der Waals surface area contributed by atoms with E-state index in [4.69, 9.17) is 0 Å². The molecular formula is C5H11NS. The number of rotatable bonds is 1. The van der Waals surface area contributed by atoms with Crippen LogP contribution in [0.4, 0.5) is 0 Å². The zero-order valence-corrected chi connectivity index (χ0v) is 5.42. The van der Waals surface area contributed by atoms with E-state index in [0.29, 0.717) is 0 Å². The van der Waals surface area contributed by atoms with E-state index < -0.39 is 0 Å². The van der Waals surface area contributed by atoms with E-state index in [2.05, 4.69) is 11.6 Å². The van der Waals surface area contributed by atoms with E-state index >= 15 is 0 Å². The lowest BCUT2D eigenvalue weighted by atomic mass is 10.2. The maximum atomic E-state index is 3.32. The van der Waals surface area contributed by atoms with Gasteiger partial charge in [0, 0.05) is 11.8 Å². The third kappa shape index (κ3) is 1.35. The van der Waals surface area contributed by atoms with Crippen LogP contribution in [-0.4, -0.2) is 11.8 Å². The Bertz CT molecular complexity index is 50.0. The zero-order valence-electron chi connectivity index (χ0n) is 4.61. The molecule has 0 unspecified atom stereocenters. The molecule has 0 spiro atoms. The first-order valence-corrected chi connectivity index (χ1v) is 3.79. The fourth-order valence-corrected chi connectivity index (χ4v) is 1.76. The summed E-state index contributed by atoms with van der Waals surface area (Å²) in [6.45, 7) is 2.23. The highest BCUT2D eigenvalue weighted by atomic mass is 32.2. The number of hydrogen-bond acceptors (Lipinski definition) is 2. The summed E-state index contributed by atoms with van der Waals surface area (Å²) in [5.74, 6) is 1.30. The molecule has 0 aliphatic carbocycles. The maximum absolute atomic E-state index is 3.32. The van der Waals surface area contributed by atoms with Crippen LogP contribution in [0.25, 0.3) is 0 Å². The second-order valence-corrected chi connectivity index (χ2v) is 2.79. The lowest BCUT2D eigenvalue weighted by Gasteiger charge is -2.00. The van der Waals surface area contributed by atoms with Gasteiger partial charge < -0.3 is 0 Å². The molecule has 1 aliphatic heterocycles. The first kappa shape index (κ1) is 5.45. The van der Waals surface area contributed by atoms with E-state index in [-0.39, 0.29) is 0 Å². The van der Waals surface area contributed by atoms with Crippen molar-refractivity contribution >= 4 is 11.9 Å². The van der Waals surface area contributed by atoms with Crippen molar-refractivity contribution in [2.75, 3.05) is 5.75 Å². The normalized spacial score (nSPS) is 31.3. The van der Waals surface area contributed by atoms with Crippen molar-refractivity contribution in [2.24, 2.45) is 0 Å². The minimum absolute atomic E-state index is 0.810. The molecule has 1 heterocycles. The second kappa shape index (κ2) is 2.58. The van der Waals surface area contributed by atoms with Gasteiger partial charge in [-0.1, -0.05) is 18.9 Å². The lowest BCUT2D eigenvalue weighted by Crippen LogP contribution is -2.13. The minimum Gasteiger partial charge on any atom is -0.261 e. The van der Waals surface area contributed by atoms with Crippen LogP contribution in [0, 0.1) is 0 Å². The predicted octanol–water partition coefficient (Wildman–Crippen LogP) is 1.41. The molecule has 1 fully saturated rings. The Morgan fingerprint density at radius 3 is 3.00 bits per heavy atom. The topological polar surface area (TPSA) is 12.0 Å². The number of nitrogens with one attached hydrogen (secondary N) is 1. The first-order valence-electron chi connectivity index (χ1n) is 2.81. The third-order valence-electron chi connectivity index (χ3n) is 1.31. The standard InChI is InChI=1S/C5H11NS/c1-2-5-3-4-7-6-5/h5-6H,2-4H2,1H3/t5-/m1/s1. The van der Waals surface area contributed by atoms with Crippen molar-refractivity contribution in [3.8, 4) is 0 Å². The average Bonchev–Trinajstić information content (AvgIpc) is 2.14. The fourth-order valence-electron chi connectivity index (χ4n) is 0.724. The molecule has 1 aliphatic rings. The van der Waals surface area contributed by atoms with Crippen LogP contribution < -0.4 is 4.72 Å². The Morgan fingerprint density at radius 2 is 2.71 bits per heavy atom. The van der Waals surface area contributed by atoms with Gasteiger partial charge in [-0.3, -0.25) is 4.72 Å². The lowest BCUT2D eigenvalue weighted by molar-refractivity contribution is 0.622. The largest absolute Gasteiger partial charge is 0.261 e. The van der Waals surface area contributed by atoms with E-state index in [1.807, 2.05) is 11.9 Å². The van der Waals surface area contributed by atoms with Gasteiger partial charge in [0.25, 0.3) is 0 Å². The van der Waals surface area contributed by atoms with E-state index in [0.717, 1.165) is 6.04 Å². The molecular weight excluding hydrogens is 106 g/mol. The van der Waals surface area contributed by atoms with Gasteiger partial charge in [-0.15, -0.1) is 0 Å². The molecule has 1 nitrogen and oxygen atoms in total. The second-order valence-electron chi connectivity index (χ2n) is 1.86. The SMILES string of the molecule is CC[C@@H]1CCSN1. The molecule has 1 saturated heterocycles. The van der Waals surface area contributed by atoms with Crippen molar-refractivity contribution in [2.45, 2.75) is 25.8 Å². The Hall–Kier alpha value is 0.310. The van der Waals surface area contributed by atoms with E-state index in [9.17, 15) is 0 Å². The van der Waals surface area contributed by atoms with Crippen LogP contribution in [-0.2, 0) is 0 Å². The summed E-state index contributed by atoms with van der Waals surface area (Å²) >= 11 is 1.86. The average molecular weight is 117 g/mol. The molecule has 0 bridgehead atoms. The summed E-state index contributed by atoms with van der Waals surface area (Å²) < 4.78 is 3.32. The van der Waals surface area contributed by atoms with Crippen molar-refractivity contribution in [1.82, 2.24) is 4.72 Å². The molecule has 1 rings (SSSR count). The van der Waals surface area contributed by atoms with Crippen LogP contribution in [0.15, 0.2) is 0 Å². The molecule has 2 heteroatoms. The molecule has 42 valence electrons. The molecule has 0 aromatic carbocycles. The summed E-state index contributed by atoms with van der Waals surface area (Å²) in [7, 11) is 0. The summed E-state index contributed by atoms with van der Waals surface area (Å²) in [4.78, 5) is 0. The van der Waals surface area contributed by atoms with E-state index in [1.54, 1.807) is 0 Å². The zero-order chi connectivity index (χ0) is 5.11. The summed E-state index contributed by atoms with van der Waals surface area (Å²) in [6.07, 6.45) is 2.65. The van der Waals surface area contributed by atoms with Crippen molar-refractivity contribution in [1.29, 1.82) is 0 Å². The van der Waals surface area contributed by atoms with Gasteiger partial charge in [-0.2, -0.15) is 0 Å². The molecule has 7 heavy (non-hydrogen) atoms. The van der Waals surface area contributed by atoms with Crippen molar-refractivity contribution in [3.63, 3.8) is 0 Å². The van der Waals surface area contributed by atoms with Gasteiger partial charge in [0.1, 0.15) is 0 Å². The molecule has 0 amide bonds. The molecule has 1 N–H and O–H groups in total. The Balaban J connectivity index is 2.14. The molecule has 0 saturated carbocycles. The highest BCUT2D eigenvalue weighted by Crippen LogP contribution is 2.14. The molecule has 0 radical (unpaired) electrons. The summed E-state index contributed by atoms with van der Waals surface area (Å²) in [5.41, 5.74) is 0. The van der Waals surface area contributed by atoms with Gasteiger partial charge >= 0.3 is 0 Å². The Morgan fingerprint density at radius 1 is 1.86 bits per heavy atom. The predicted molar refractivity (Wildman–Crippen MR) is 34.3 cm³/mol. The van der Waals surface area contributed by atoms with Gasteiger partial charge in [-0.25, -0.2) is 0 Å². The van der Waals surface area contributed by atoms with Crippen LogP contribution in [0.5, 0.6) is 0 Å². The minimum atomic E-state index is 0.810. The van der Waals surface area contributed by atoms with Gasteiger partial charge in [0.05, 0.1) is 0 Å². The van der Waals surface area contributed by atoms with Crippen LogP contribution >= 0.6 is 11.9 Å². The molecule has 0 aromatic rings. The highest BCUT2D eigenvalue weighted by molar-refractivity contribution is 7.97. The first-order chi connectivity index (χ1) is 3.43. The molecule has 0 aromatic heterocycles. The Labute approximate surface area is 49.0 Å². The van der Waals surface area contributed by atoms with Gasteiger partial charge in [0.15, 0.2) is 0 Å². The quantitative estimate of drug-likeness (QED) is 0.521. The maximum Gasteiger partial charge on any atom is 0.0177 e. The Kier molecular flexibility index (Phi) is 2.00. The monoisotopic (exact) mass is 117 g/mol. The highest BCUT2D eigenvalue weighted by Gasteiger charge is 2.10. The number of hydrogen-bond donors (Lipinski definition) is 1. The van der Waals surface area contributed by atoms with Crippen molar-refractivity contribution < 1.29 is 0 Å². The smallest absolute Gasteiger partial charge is 0.0177 e. The van der Waals surface area contributed by atoms with Gasteiger partial charge in [0.2, 0.25) is 0 Å². The van der Waals surface area contributed by atoms with Crippen molar-refractivity contribution in [3.05, 3.63) is 0 Å². The summed E-state index contributed by atoms with van der Waals surface area (Å²) in [5, 5.41) is 0. The van der Waals surface area contributed by atoms with E-state index in [1.165, 1.54) is 18.6 Å².